The molecule has 1 aromatic heterocycles. The largest absolute Gasteiger partial charge is 0.497 e. The number of ether oxygens (including phenoxy) is 2. The normalized spacial score (nSPS) is 21.5. The second-order valence-electron chi connectivity index (χ2n) is 27.5. The summed E-state index contributed by atoms with van der Waals surface area (Å²) in [5.41, 5.74) is 3.70. The Morgan fingerprint density at radius 1 is 0.603 bits per heavy atom. The van der Waals surface area contributed by atoms with E-state index in [1.807, 2.05) is 12.1 Å². The van der Waals surface area contributed by atoms with E-state index < -0.39 is 38.9 Å². The predicted molar refractivity (Wildman–Crippen MR) is 316 cm³/mol. The van der Waals surface area contributed by atoms with Crippen molar-refractivity contribution >= 4 is 54.6 Å². The van der Waals surface area contributed by atoms with Crippen LogP contribution in [0, 0.1) is 17.8 Å². The van der Waals surface area contributed by atoms with Gasteiger partial charge in [0.1, 0.15) is 19.6 Å². The van der Waals surface area contributed by atoms with Crippen LogP contribution in [0.15, 0.2) is 95.6 Å². The van der Waals surface area contributed by atoms with Gasteiger partial charge in [-0.25, -0.2) is 0 Å². The molecule has 0 unspecified atom stereocenters. The summed E-state index contributed by atoms with van der Waals surface area (Å²) in [6.45, 7) is 44.4. The molecule has 6 atom stereocenters. The molecule has 0 amide bonds. The third-order valence-electron chi connectivity index (χ3n) is 18.6. The van der Waals surface area contributed by atoms with E-state index in [2.05, 4.69) is 201 Å². The lowest BCUT2D eigenvalue weighted by Crippen LogP contribution is -2.66. The molecule has 0 radical (unpaired) electrons. The van der Waals surface area contributed by atoms with Crippen LogP contribution in [0.3, 0.4) is 0 Å². The molecule has 3 aromatic carbocycles. The number of benzene rings is 3. The van der Waals surface area contributed by atoms with Crippen LogP contribution in [-0.2, 0) is 35.8 Å². The molecule has 1 heterocycles. The number of rotatable bonds is 21. The van der Waals surface area contributed by atoms with Crippen molar-refractivity contribution in [3.63, 3.8) is 0 Å². The fourth-order valence-electron chi connectivity index (χ4n) is 11.2. The van der Waals surface area contributed by atoms with E-state index in [0.717, 1.165) is 55.2 Å². The van der Waals surface area contributed by atoms with E-state index >= 15 is 4.79 Å². The van der Waals surface area contributed by atoms with E-state index in [1.165, 1.54) is 21.5 Å². The minimum absolute atomic E-state index is 0.0280. The SMILES string of the molecule is COc1ccc(COCCCCCC[C@@H]2C(=O)[C@H]3[C@H](O[Si](C)(C)C(C)(C)C)[C@H](c4coc([Si](C)(C)C(C)(C)C)c4C[C@H]3O[Si](C)(C)C(C)(C)C)[C@H]2CCO[Si](c2ccccc2)(c2ccccc2)C(C)(C)C)cc1. The Labute approximate surface area is 448 Å². The van der Waals surface area contributed by atoms with Gasteiger partial charge < -0.3 is 27.2 Å². The summed E-state index contributed by atoms with van der Waals surface area (Å²) in [6, 6.07) is 30.1. The average molecular weight is 1070 g/mol. The molecular formula is C62H98O7Si4. The van der Waals surface area contributed by atoms with E-state index in [9.17, 15) is 0 Å². The molecule has 11 heteroatoms. The van der Waals surface area contributed by atoms with E-state index in [1.54, 1.807) is 7.11 Å². The first kappa shape index (κ1) is 59.4. The Kier molecular flexibility index (Phi) is 18.7. The smallest absolute Gasteiger partial charge is 0.261 e. The number of hydrogen-bond donors (Lipinski definition) is 0. The maximum absolute atomic E-state index is 16.4. The highest BCUT2D eigenvalue weighted by Crippen LogP contribution is 2.55. The number of fused-ring (bicyclic) bond motifs is 4. The number of hydrogen-bond acceptors (Lipinski definition) is 7. The summed E-state index contributed by atoms with van der Waals surface area (Å²) >= 11 is 0. The molecule has 0 saturated heterocycles. The molecule has 0 aliphatic heterocycles. The topological polar surface area (TPSA) is 76.4 Å². The van der Waals surface area contributed by atoms with E-state index in [0.29, 0.717) is 32.0 Å². The molecule has 4 aromatic rings. The molecule has 2 aliphatic rings. The van der Waals surface area contributed by atoms with Gasteiger partial charge in [-0.1, -0.05) is 188 Å². The summed E-state index contributed by atoms with van der Waals surface area (Å²) in [4.78, 5) is 16.4. The van der Waals surface area contributed by atoms with Crippen LogP contribution in [-0.4, -0.2) is 71.3 Å². The molecule has 404 valence electrons. The van der Waals surface area contributed by atoms with Gasteiger partial charge in [-0.15, -0.1) is 0 Å². The molecule has 73 heavy (non-hydrogen) atoms. The minimum Gasteiger partial charge on any atom is -0.497 e. The maximum Gasteiger partial charge on any atom is 0.261 e. The summed E-state index contributed by atoms with van der Waals surface area (Å²) in [5.74, 6) is 0.509. The molecule has 7 nitrogen and oxygen atoms in total. The Morgan fingerprint density at radius 2 is 1.15 bits per heavy atom. The maximum atomic E-state index is 16.4. The van der Waals surface area contributed by atoms with Gasteiger partial charge in [0, 0.05) is 31.5 Å². The second kappa shape index (κ2) is 23.0. The molecular weight excluding hydrogens is 969 g/mol. The van der Waals surface area contributed by atoms with Gasteiger partial charge in [-0.3, -0.25) is 4.79 Å². The van der Waals surface area contributed by atoms with Gasteiger partial charge in [-0.05, 0) is 111 Å². The van der Waals surface area contributed by atoms with Crippen molar-refractivity contribution in [1.82, 2.24) is 0 Å². The first-order chi connectivity index (χ1) is 33.9. The molecule has 1 fully saturated rings. The van der Waals surface area contributed by atoms with Crippen LogP contribution in [0.1, 0.15) is 144 Å². The first-order valence-corrected chi connectivity index (χ1v) is 38.6. The van der Waals surface area contributed by atoms with Crippen molar-refractivity contribution < 1.29 is 32.0 Å². The van der Waals surface area contributed by atoms with Gasteiger partial charge in [0.25, 0.3) is 8.32 Å². The number of furan rings is 1. The van der Waals surface area contributed by atoms with Crippen LogP contribution in [0.4, 0.5) is 0 Å². The van der Waals surface area contributed by atoms with Gasteiger partial charge in [-0.2, -0.15) is 0 Å². The van der Waals surface area contributed by atoms with Crippen molar-refractivity contribution in [3.05, 3.63) is 108 Å². The molecule has 2 aliphatic carbocycles. The van der Waals surface area contributed by atoms with Crippen LogP contribution in [0.25, 0.3) is 0 Å². The summed E-state index contributed by atoms with van der Waals surface area (Å²) in [5, 5.41) is 3.44. The third-order valence-corrected chi connectivity index (χ3v) is 37.9. The highest BCUT2D eigenvalue weighted by Gasteiger charge is 2.60. The predicted octanol–water partition coefficient (Wildman–Crippen LogP) is 15.0. The number of Topliss-reactive ketones (excluding diaryl/α,β-unsaturated/α-hetero) is 1. The molecule has 6 rings (SSSR count). The number of carbonyl (C=O) groups is 1. The number of ketones is 1. The fourth-order valence-corrected chi connectivity index (χ4v) is 20.5. The molecule has 0 spiro atoms. The lowest BCUT2D eigenvalue weighted by Gasteiger charge is -2.52. The average Bonchev–Trinajstić information content (AvgIpc) is 3.68. The zero-order valence-corrected chi connectivity index (χ0v) is 53.1. The van der Waals surface area contributed by atoms with E-state index in [4.69, 9.17) is 27.2 Å². The van der Waals surface area contributed by atoms with Gasteiger partial charge in [0.05, 0.1) is 43.5 Å². The second-order valence-corrected chi connectivity index (χ2v) is 46.5. The monoisotopic (exact) mass is 1070 g/mol. The lowest BCUT2D eigenvalue weighted by molar-refractivity contribution is -0.146. The van der Waals surface area contributed by atoms with Crippen molar-refractivity contribution in [2.24, 2.45) is 17.8 Å². The highest BCUT2D eigenvalue weighted by molar-refractivity contribution is 6.99. The van der Waals surface area contributed by atoms with Gasteiger partial charge in [0.15, 0.2) is 16.6 Å². The Hall–Kier alpha value is -2.88. The summed E-state index contributed by atoms with van der Waals surface area (Å²) in [7, 11) is -8.31. The van der Waals surface area contributed by atoms with Gasteiger partial charge in [0.2, 0.25) is 0 Å². The minimum atomic E-state index is -2.89. The molecule has 1 saturated carbocycles. The number of carbonyl (C=O) groups excluding carboxylic acids is 1. The van der Waals surface area contributed by atoms with Crippen LogP contribution < -0.4 is 20.5 Å². The van der Waals surface area contributed by atoms with Crippen molar-refractivity contribution in [3.8, 4) is 5.75 Å². The Balaban J connectivity index is 1.46. The van der Waals surface area contributed by atoms with E-state index in [-0.39, 0.29) is 50.1 Å². The van der Waals surface area contributed by atoms with Crippen LogP contribution in [0.2, 0.25) is 59.4 Å². The number of unbranched alkanes of at least 4 members (excludes halogenated alkanes) is 3. The Morgan fingerprint density at radius 3 is 1.67 bits per heavy atom. The third kappa shape index (κ3) is 12.8. The quantitative estimate of drug-likeness (QED) is 0.0608. The highest BCUT2D eigenvalue weighted by atomic mass is 28.4. The zero-order chi connectivity index (χ0) is 54.0. The lowest BCUT2D eigenvalue weighted by atomic mass is 9.61. The number of methoxy groups -OCH3 is 1. The van der Waals surface area contributed by atoms with Crippen molar-refractivity contribution in [2.45, 2.75) is 212 Å². The Bertz CT molecular complexity index is 2340. The summed E-state index contributed by atoms with van der Waals surface area (Å²) in [6.07, 6.45) is 7.72. The standard InChI is InChI=1S/C62H98O7Si4/c1-59(2,3)70(14,15)58-51-42-53(68-71(16,17)60(4,5)6)55-56(63)50(34-28-20-21-29-40-65-43-45-35-37-46(64-13)38-36-45)49(54(52(51)44-66-58)57(55)69-72(18,19)61(7,8)9)39-41-67-73(62(10,11)12,47-30-24-22-25-31-47)48-32-26-23-27-33-48/h22-27,30-33,35-38,44,49-50,53-55,57H,20-21,28-29,34,39-43H2,1-19H3/t49-,50-,53+,54-,55-,57+/m0/s1. The molecule has 2 bridgehead atoms. The van der Waals surface area contributed by atoms with Crippen LogP contribution >= 0.6 is 0 Å². The van der Waals surface area contributed by atoms with Crippen molar-refractivity contribution in [2.75, 3.05) is 20.3 Å². The zero-order valence-electron chi connectivity index (χ0n) is 49.1. The fraction of sp³-hybridized carbons (Fsp3) is 0.629. The summed E-state index contributed by atoms with van der Waals surface area (Å²) < 4.78 is 42.1. The molecule has 0 N–H and O–H groups in total. The van der Waals surface area contributed by atoms with Crippen LogP contribution in [0.5, 0.6) is 5.75 Å². The first-order valence-electron chi connectivity index (χ1n) is 27.9. The van der Waals surface area contributed by atoms with Gasteiger partial charge >= 0.3 is 0 Å². The van der Waals surface area contributed by atoms with Crippen molar-refractivity contribution in [1.29, 1.82) is 0 Å².